The summed E-state index contributed by atoms with van der Waals surface area (Å²) < 4.78 is 7.02. The number of H-pyrrole nitrogens is 1. The lowest BCUT2D eigenvalue weighted by atomic mass is 10.2. The lowest BCUT2D eigenvalue weighted by molar-refractivity contribution is 0.0526. The molecular weight excluding hydrogens is 368 g/mol. The molecule has 29 heavy (non-hydrogen) atoms. The molecule has 0 spiro atoms. The van der Waals surface area contributed by atoms with Crippen LogP contribution in [0.3, 0.4) is 0 Å². The Balaban J connectivity index is 1.56. The summed E-state index contributed by atoms with van der Waals surface area (Å²) in [6.45, 7) is 5.81. The fourth-order valence-electron chi connectivity index (χ4n) is 3.18. The molecule has 0 fully saturated rings. The number of fused-ring (bicyclic) bond motifs is 1. The summed E-state index contributed by atoms with van der Waals surface area (Å²) in [6, 6.07) is 9.09. The van der Waals surface area contributed by atoms with E-state index in [9.17, 15) is 9.59 Å². The number of carbonyl (C=O) groups excluding carboxylic acids is 1. The van der Waals surface area contributed by atoms with Crippen LogP contribution >= 0.6 is 0 Å². The summed E-state index contributed by atoms with van der Waals surface area (Å²) in [6.07, 6.45) is 5.66. The van der Waals surface area contributed by atoms with E-state index in [4.69, 9.17) is 4.74 Å². The molecule has 3 aromatic rings. The van der Waals surface area contributed by atoms with Crippen LogP contribution in [0, 0.1) is 0 Å². The molecule has 2 N–H and O–H groups in total. The molecule has 2 aromatic heterocycles. The van der Waals surface area contributed by atoms with Crippen LogP contribution in [0.25, 0.3) is 11.0 Å². The van der Waals surface area contributed by atoms with Crippen LogP contribution < -0.4 is 10.9 Å². The van der Waals surface area contributed by atoms with Crippen LogP contribution in [0.4, 0.5) is 5.69 Å². The van der Waals surface area contributed by atoms with Crippen LogP contribution in [0.5, 0.6) is 0 Å². The number of nitrogens with zero attached hydrogens (tertiary/aromatic N) is 2. The summed E-state index contributed by atoms with van der Waals surface area (Å²) in [5.74, 6) is 0.448. The molecule has 0 bridgehead atoms. The number of ether oxygens (including phenoxy) is 1. The van der Waals surface area contributed by atoms with Gasteiger partial charge in [-0.2, -0.15) is 0 Å². The number of rotatable bonds is 10. The van der Waals surface area contributed by atoms with E-state index < -0.39 is 0 Å². The van der Waals surface area contributed by atoms with Crippen molar-refractivity contribution < 1.29 is 9.53 Å². The van der Waals surface area contributed by atoms with Gasteiger partial charge in [-0.1, -0.05) is 13.3 Å². The van der Waals surface area contributed by atoms with E-state index in [1.807, 2.05) is 29.0 Å². The number of aryl methyl sites for hydroxylation is 2. The van der Waals surface area contributed by atoms with Gasteiger partial charge in [0.05, 0.1) is 17.6 Å². The fraction of sp³-hybridized carbons (Fsp3) is 0.409. The standard InChI is InChI=1S/C22H28N4O3/c1-3-5-7-19-24-20-18(21(27)25-19)12-15-26(20)14-6-13-23-17-10-8-16(9-11-17)22(28)29-4-2/h8-12,15,23H,3-7,13-14H2,1-2H3,(H,24,25,27). The highest BCUT2D eigenvalue weighted by molar-refractivity contribution is 5.89. The summed E-state index contributed by atoms with van der Waals surface area (Å²) in [4.78, 5) is 31.5. The van der Waals surface area contributed by atoms with Crippen molar-refractivity contribution in [2.24, 2.45) is 0 Å². The normalized spacial score (nSPS) is 11.0. The highest BCUT2D eigenvalue weighted by Gasteiger charge is 2.09. The first-order valence-corrected chi connectivity index (χ1v) is 10.2. The third-order valence-corrected chi connectivity index (χ3v) is 4.75. The number of carbonyl (C=O) groups is 1. The number of aromatic amines is 1. The Bertz CT molecular complexity index is 1010. The first-order valence-electron chi connectivity index (χ1n) is 10.2. The van der Waals surface area contributed by atoms with Crippen molar-refractivity contribution in [2.75, 3.05) is 18.5 Å². The van der Waals surface area contributed by atoms with Crippen molar-refractivity contribution in [3.63, 3.8) is 0 Å². The Labute approximate surface area is 170 Å². The van der Waals surface area contributed by atoms with E-state index in [0.717, 1.165) is 55.9 Å². The lowest BCUT2D eigenvalue weighted by Crippen LogP contribution is -2.13. The first kappa shape index (κ1) is 20.6. The predicted molar refractivity (Wildman–Crippen MR) is 114 cm³/mol. The van der Waals surface area contributed by atoms with Gasteiger partial charge in [0.2, 0.25) is 0 Å². The number of hydrogen-bond acceptors (Lipinski definition) is 5. The smallest absolute Gasteiger partial charge is 0.338 e. The van der Waals surface area contributed by atoms with Gasteiger partial charge in [-0.25, -0.2) is 9.78 Å². The molecule has 0 aliphatic carbocycles. The van der Waals surface area contributed by atoms with Gasteiger partial charge in [-0.05, 0) is 50.1 Å². The second kappa shape index (κ2) is 9.91. The van der Waals surface area contributed by atoms with Crippen molar-refractivity contribution in [1.29, 1.82) is 0 Å². The van der Waals surface area contributed by atoms with Crippen molar-refractivity contribution in [1.82, 2.24) is 14.5 Å². The average molecular weight is 396 g/mol. The van der Waals surface area contributed by atoms with Crippen LogP contribution in [0.15, 0.2) is 41.3 Å². The maximum Gasteiger partial charge on any atom is 0.338 e. The van der Waals surface area contributed by atoms with Gasteiger partial charge in [-0.3, -0.25) is 4.79 Å². The van der Waals surface area contributed by atoms with E-state index in [2.05, 4.69) is 22.2 Å². The zero-order valence-corrected chi connectivity index (χ0v) is 17.0. The Morgan fingerprint density at radius 1 is 1.17 bits per heavy atom. The molecule has 7 heteroatoms. The summed E-state index contributed by atoms with van der Waals surface area (Å²) in [5.41, 5.74) is 2.18. The number of nitrogens with one attached hydrogen (secondary N) is 2. The quantitative estimate of drug-likeness (QED) is 0.402. The average Bonchev–Trinajstić information content (AvgIpc) is 3.14. The zero-order valence-electron chi connectivity index (χ0n) is 17.0. The summed E-state index contributed by atoms with van der Waals surface area (Å²) in [7, 11) is 0. The van der Waals surface area contributed by atoms with E-state index in [-0.39, 0.29) is 11.5 Å². The minimum Gasteiger partial charge on any atom is -0.462 e. The molecule has 0 aliphatic rings. The molecule has 7 nitrogen and oxygen atoms in total. The van der Waals surface area contributed by atoms with Crippen LogP contribution in [0.2, 0.25) is 0 Å². The van der Waals surface area contributed by atoms with Gasteiger partial charge in [0, 0.05) is 31.4 Å². The third-order valence-electron chi connectivity index (χ3n) is 4.75. The van der Waals surface area contributed by atoms with E-state index in [1.54, 1.807) is 19.1 Å². The van der Waals surface area contributed by atoms with E-state index in [0.29, 0.717) is 17.6 Å². The minimum atomic E-state index is -0.306. The topological polar surface area (TPSA) is 89.0 Å². The first-order chi connectivity index (χ1) is 14.1. The van der Waals surface area contributed by atoms with Gasteiger partial charge in [0.15, 0.2) is 0 Å². The molecule has 0 saturated heterocycles. The van der Waals surface area contributed by atoms with Gasteiger partial charge in [-0.15, -0.1) is 0 Å². The highest BCUT2D eigenvalue weighted by Crippen LogP contribution is 2.13. The molecule has 2 heterocycles. The largest absolute Gasteiger partial charge is 0.462 e. The number of unbranched alkanes of at least 4 members (excludes halogenated alkanes) is 1. The van der Waals surface area contributed by atoms with Crippen molar-refractivity contribution in [3.8, 4) is 0 Å². The number of anilines is 1. The van der Waals surface area contributed by atoms with Crippen molar-refractivity contribution >= 4 is 22.7 Å². The Hall–Kier alpha value is -3.09. The molecular formula is C22H28N4O3. The summed E-state index contributed by atoms with van der Waals surface area (Å²) >= 11 is 0. The molecule has 3 rings (SSSR count). The molecule has 0 unspecified atom stereocenters. The SMILES string of the molecule is CCCCc1nc2c(ccn2CCCNc2ccc(C(=O)OCC)cc2)c(=O)[nH]1. The lowest BCUT2D eigenvalue weighted by Gasteiger charge is -2.09. The number of aromatic nitrogens is 3. The second-order valence-electron chi connectivity index (χ2n) is 6.94. The fourth-order valence-corrected chi connectivity index (χ4v) is 3.18. The molecule has 1 aromatic carbocycles. The Morgan fingerprint density at radius 2 is 1.97 bits per heavy atom. The maximum absolute atomic E-state index is 12.3. The van der Waals surface area contributed by atoms with Gasteiger partial charge >= 0.3 is 5.97 Å². The Kier molecular flexibility index (Phi) is 7.05. The van der Waals surface area contributed by atoms with Crippen molar-refractivity contribution in [2.45, 2.75) is 46.1 Å². The third kappa shape index (κ3) is 5.25. The second-order valence-corrected chi connectivity index (χ2v) is 6.94. The van der Waals surface area contributed by atoms with Crippen LogP contribution in [-0.4, -0.2) is 33.7 Å². The molecule has 0 saturated carbocycles. The number of hydrogen-bond donors (Lipinski definition) is 2. The molecule has 0 amide bonds. The minimum absolute atomic E-state index is 0.0698. The van der Waals surface area contributed by atoms with Gasteiger partial charge in [0.1, 0.15) is 11.5 Å². The zero-order chi connectivity index (χ0) is 20.6. The monoisotopic (exact) mass is 396 g/mol. The Morgan fingerprint density at radius 3 is 2.69 bits per heavy atom. The maximum atomic E-state index is 12.3. The van der Waals surface area contributed by atoms with Gasteiger partial charge in [0.25, 0.3) is 5.56 Å². The van der Waals surface area contributed by atoms with E-state index >= 15 is 0 Å². The molecule has 154 valence electrons. The van der Waals surface area contributed by atoms with Crippen LogP contribution in [0.1, 0.15) is 49.3 Å². The predicted octanol–water partition coefficient (Wildman–Crippen LogP) is 3.75. The molecule has 0 atom stereocenters. The molecule has 0 radical (unpaired) electrons. The molecule has 0 aliphatic heterocycles. The van der Waals surface area contributed by atoms with Crippen LogP contribution in [-0.2, 0) is 17.7 Å². The number of benzene rings is 1. The summed E-state index contributed by atoms with van der Waals surface area (Å²) in [5, 5.41) is 3.98. The highest BCUT2D eigenvalue weighted by atomic mass is 16.5. The van der Waals surface area contributed by atoms with E-state index in [1.165, 1.54) is 0 Å². The number of esters is 1. The van der Waals surface area contributed by atoms with Crippen molar-refractivity contribution in [3.05, 3.63) is 58.3 Å². The van der Waals surface area contributed by atoms with Gasteiger partial charge < -0.3 is 19.6 Å².